The van der Waals surface area contributed by atoms with E-state index in [1.54, 1.807) is 18.3 Å². The van der Waals surface area contributed by atoms with Crippen LogP contribution in [0, 0.1) is 5.92 Å². The van der Waals surface area contributed by atoms with Crippen LogP contribution in [0.1, 0.15) is 30.3 Å². The molecule has 0 unspecified atom stereocenters. The molecule has 0 radical (unpaired) electrons. The summed E-state index contributed by atoms with van der Waals surface area (Å²) in [6.45, 7) is 8.07. The summed E-state index contributed by atoms with van der Waals surface area (Å²) >= 11 is 0. The number of hydrogen-bond acceptors (Lipinski definition) is 4. The number of carbonyl (C=O) groups excluding carboxylic acids is 1. The average Bonchev–Trinajstić information content (AvgIpc) is 2.45. The first kappa shape index (κ1) is 13.5. The molecule has 19 heavy (non-hydrogen) atoms. The molecule has 0 spiro atoms. The van der Waals surface area contributed by atoms with E-state index in [-0.39, 0.29) is 5.91 Å². The molecule has 1 aromatic heterocycles. The van der Waals surface area contributed by atoms with Gasteiger partial charge in [0, 0.05) is 25.8 Å². The van der Waals surface area contributed by atoms with E-state index >= 15 is 0 Å². The van der Waals surface area contributed by atoms with E-state index in [4.69, 9.17) is 0 Å². The summed E-state index contributed by atoms with van der Waals surface area (Å²) in [6, 6.07) is 1.67. The topological polar surface area (TPSA) is 58.1 Å². The summed E-state index contributed by atoms with van der Waals surface area (Å²) in [7, 11) is 0. The lowest BCUT2D eigenvalue weighted by molar-refractivity contribution is 0.0691. The van der Waals surface area contributed by atoms with Crippen LogP contribution < -0.4 is 5.32 Å². The number of nitrogens with one attached hydrogen (secondary N) is 1. The Morgan fingerprint density at radius 3 is 3.00 bits per heavy atom. The Bertz CT molecular complexity index is 453. The van der Waals surface area contributed by atoms with E-state index in [1.165, 1.54) is 0 Å². The number of likely N-dealkylation sites (tertiary alicyclic amines) is 1. The smallest absolute Gasteiger partial charge is 0.272 e. The third-order valence-corrected chi connectivity index (χ3v) is 3.35. The largest absolute Gasteiger partial charge is 0.351 e. The first-order valence-corrected chi connectivity index (χ1v) is 6.68. The number of rotatable bonds is 4. The first-order valence-electron chi connectivity index (χ1n) is 6.68. The second kappa shape index (κ2) is 6.31. The summed E-state index contributed by atoms with van der Waals surface area (Å²) in [4.78, 5) is 22.5. The third kappa shape index (κ3) is 3.53. The zero-order chi connectivity index (χ0) is 13.7. The Kier molecular flexibility index (Phi) is 4.49. The lowest BCUT2D eigenvalue weighted by Crippen LogP contribution is -2.38. The standard InChI is InChI=1S/C14H20N4O/c1-3-7-15-14-16-8-4-12(17-14)13(19)18-9-5-11(2)6-10-18/h3-4,8,11H,1,5-7,9-10H2,2H3,(H,15,16,17). The van der Waals surface area contributed by atoms with Crippen molar-refractivity contribution in [2.45, 2.75) is 19.8 Å². The van der Waals surface area contributed by atoms with Crippen LogP contribution in [0.5, 0.6) is 0 Å². The van der Waals surface area contributed by atoms with Crippen LogP contribution in [0.4, 0.5) is 5.95 Å². The highest BCUT2D eigenvalue weighted by molar-refractivity contribution is 5.92. The van der Waals surface area contributed by atoms with Gasteiger partial charge in [-0.3, -0.25) is 4.79 Å². The van der Waals surface area contributed by atoms with Crippen LogP contribution in [-0.4, -0.2) is 40.4 Å². The lowest BCUT2D eigenvalue weighted by Gasteiger charge is -2.30. The van der Waals surface area contributed by atoms with Crippen molar-refractivity contribution in [1.82, 2.24) is 14.9 Å². The highest BCUT2D eigenvalue weighted by Crippen LogP contribution is 2.17. The SMILES string of the molecule is C=CCNc1nccc(C(=O)N2CCC(C)CC2)n1. The minimum atomic E-state index is -0.00375. The second-order valence-corrected chi connectivity index (χ2v) is 4.91. The van der Waals surface area contributed by atoms with Crippen molar-refractivity contribution in [2.75, 3.05) is 25.0 Å². The van der Waals surface area contributed by atoms with Gasteiger partial charge in [-0.15, -0.1) is 6.58 Å². The van der Waals surface area contributed by atoms with Gasteiger partial charge in [-0.1, -0.05) is 13.0 Å². The van der Waals surface area contributed by atoms with Crippen molar-refractivity contribution >= 4 is 11.9 Å². The van der Waals surface area contributed by atoms with Gasteiger partial charge in [0.15, 0.2) is 0 Å². The molecule has 1 aromatic rings. The van der Waals surface area contributed by atoms with Crippen LogP contribution >= 0.6 is 0 Å². The number of carbonyl (C=O) groups is 1. The molecule has 102 valence electrons. The van der Waals surface area contributed by atoms with Crippen molar-refractivity contribution in [1.29, 1.82) is 0 Å². The molecule has 0 saturated carbocycles. The Morgan fingerprint density at radius 1 is 1.58 bits per heavy atom. The summed E-state index contributed by atoms with van der Waals surface area (Å²) in [5.74, 6) is 1.17. The molecular weight excluding hydrogens is 240 g/mol. The molecule has 1 N–H and O–H groups in total. The Labute approximate surface area is 113 Å². The molecule has 5 nitrogen and oxygen atoms in total. The molecule has 0 aliphatic carbocycles. The van der Waals surface area contributed by atoms with Crippen molar-refractivity contribution in [3.05, 3.63) is 30.6 Å². The van der Waals surface area contributed by atoms with Crippen molar-refractivity contribution < 1.29 is 4.79 Å². The monoisotopic (exact) mass is 260 g/mol. The molecule has 1 amide bonds. The van der Waals surface area contributed by atoms with E-state index in [9.17, 15) is 4.79 Å². The van der Waals surface area contributed by atoms with Gasteiger partial charge in [-0.05, 0) is 24.8 Å². The van der Waals surface area contributed by atoms with E-state index in [0.29, 0.717) is 24.1 Å². The van der Waals surface area contributed by atoms with Crippen LogP contribution in [0.3, 0.4) is 0 Å². The number of piperidine rings is 1. The molecule has 1 aliphatic rings. The summed E-state index contributed by atoms with van der Waals surface area (Å²) in [6.07, 6.45) is 5.47. The maximum absolute atomic E-state index is 12.3. The quantitative estimate of drug-likeness (QED) is 0.841. The fourth-order valence-electron chi connectivity index (χ4n) is 2.10. The van der Waals surface area contributed by atoms with Gasteiger partial charge in [0.05, 0.1) is 0 Å². The number of amides is 1. The zero-order valence-corrected chi connectivity index (χ0v) is 11.3. The van der Waals surface area contributed by atoms with Gasteiger partial charge in [0.2, 0.25) is 5.95 Å². The fourth-order valence-corrected chi connectivity index (χ4v) is 2.10. The summed E-state index contributed by atoms with van der Waals surface area (Å²) in [5.41, 5.74) is 0.455. The Hall–Kier alpha value is -1.91. The predicted molar refractivity (Wildman–Crippen MR) is 75.0 cm³/mol. The molecule has 1 fully saturated rings. The normalized spacial score (nSPS) is 16.2. The van der Waals surface area contributed by atoms with Crippen molar-refractivity contribution in [3.63, 3.8) is 0 Å². The maximum atomic E-state index is 12.3. The summed E-state index contributed by atoms with van der Waals surface area (Å²) in [5, 5.41) is 2.99. The molecule has 1 saturated heterocycles. The van der Waals surface area contributed by atoms with E-state index in [0.717, 1.165) is 25.9 Å². The zero-order valence-electron chi connectivity index (χ0n) is 11.3. The lowest BCUT2D eigenvalue weighted by atomic mass is 9.99. The molecule has 0 atom stereocenters. The van der Waals surface area contributed by atoms with E-state index < -0.39 is 0 Å². The predicted octanol–water partition coefficient (Wildman–Crippen LogP) is 1.95. The van der Waals surface area contributed by atoms with Gasteiger partial charge in [0.1, 0.15) is 5.69 Å². The number of aromatic nitrogens is 2. The van der Waals surface area contributed by atoms with Gasteiger partial charge < -0.3 is 10.2 Å². The van der Waals surface area contributed by atoms with Gasteiger partial charge in [0.25, 0.3) is 5.91 Å². The van der Waals surface area contributed by atoms with Crippen LogP contribution in [0.25, 0.3) is 0 Å². The van der Waals surface area contributed by atoms with Gasteiger partial charge >= 0.3 is 0 Å². The van der Waals surface area contributed by atoms with Crippen LogP contribution in [0.15, 0.2) is 24.9 Å². The van der Waals surface area contributed by atoms with Crippen molar-refractivity contribution in [2.24, 2.45) is 5.92 Å². The number of anilines is 1. The van der Waals surface area contributed by atoms with Crippen molar-refractivity contribution in [3.8, 4) is 0 Å². The van der Waals surface area contributed by atoms with E-state index in [2.05, 4.69) is 28.8 Å². The van der Waals surface area contributed by atoms with Crippen LogP contribution in [-0.2, 0) is 0 Å². The Morgan fingerprint density at radius 2 is 2.32 bits per heavy atom. The molecular formula is C14H20N4O. The summed E-state index contributed by atoms with van der Waals surface area (Å²) < 4.78 is 0. The molecule has 5 heteroatoms. The minimum absolute atomic E-state index is 0.00375. The molecule has 2 heterocycles. The van der Waals surface area contributed by atoms with Gasteiger partial charge in [-0.2, -0.15) is 0 Å². The third-order valence-electron chi connectivity index (χ3n) is 3.35. The molecule has 0 bridgehead atoms. The maximum Gasteiger partial charge on any atom is 0.272 e. The fraction of sp³-hybridized carbons (Fsp3) is 0.500. The molecule has 1 aliphatic heterocycles. The van der Waals surface area contributed by atoms with Crippen LogP contribution in [0.2, 0.25) is 0 Å². The number of nitrogens with zero attached hydrogens (tertiary/aromatic N) is 3. The van der Waals surface area contributed by atoms with Gasteiger partial charge in [-0.25, -0.2) is 9.97 Å². The highest BCUT2D eigenvalue weighted by atomic mass is 16.2. The average molecular weight is 260 g/mol. The molecule has 2 rings (SSSR count). The minimum Gasteiger partial charge on any atom is -0.351 e. The molecule has 0 aromatic carbocycles. The second-order valence-electron chi connectivity index (χ2n) is 4.91. The first-order chi connectivity index (χ1) is 9.20. The van der Waals surface area contributed by atoms with E-state index in [1.807, 2.05) is 4.90 Å². The highest BCUT2D eigenvalue weighted by Gasteiger charge is 2.22. The number of hydrogen-bond donors (Lipinski definition) is 1. The Balaban J connectivity index is 2.04.